The molecule has 1 fully saturated rings. The number of halogens is 3. The van der Waals surface area contributed by atoms with Gasteiger partial charge in [0.25, 0.3) is 5.82 Å². The molecule has 21 heavy (non-hydrogen) atoms. The fraction of sp³-hybridized carbons (Fsp3) is 0.846. The van der Waals surface area contributed by atoms with Gasteiger partial charge in [0.05, 0.1) is 13.1 Å². The number of nitrogens with two attached hydrogens (primary N) is 1. The normalized spacial score (nSPS) is 27.6. The second kappa shape index (κ2) is 5.57. The summed E-state index contributed by atoms with van der Waals surface area (Å²) < 4.78 is 39.3. The molecule has 2 heterocycles. The molecule has 0 aromatic carbocycles. The minimum Gasteiger partial charge on any atom is -0.330 e. The maximum Gasteiger partial charge on any atom is 0.453 e. The third kappa shape index (κ3) is 3.06. The van der Waals surface area contributed by atoms with E-state index in [-0.39, 0.29) is 0 Å². The summed E-state index contributed by atoms with van der Waals surface area (Å²) in [6, 6.07) is 0.438. The Kier molecular flexibility index (Phi) is 3.92. The van der Waals surface area contributed by atoms with Gasteiger partial charge in [0.2, 0.25) is 0 Å². The first-order chi connectivity index (χ1) is 9.97. The first-order valence-electron chi connectivity index (χ1n) is 7.42. The minimum atomic E-state index is -4.46. The summed E-state index contributed by atoms with van der Waals surface area (Å²) in [5.41, 5.74) is 5.69. The SMILES string of the molecule is NCC1CCC(N2CCn3nc(C(F)(F)F)nc3C2)CC1. The van der Waals surface area contributed by atoms with Gasteiger partial charge in [-0.15, -0.1) is 5.10 Å². The van der Waals surface area contributed by atoms with Crippen LogP contribution in [0, 0.1) is 5.92 Å². The zero-order valence-corrected chi connectivity index (χ0v) is 11.8. The number of fused-ring (bicyclic) bond motifs is 1. The molecule has 0 unspecified atom stereocenters. The highest BCUT2D eigenvalue weighted by atomic mass is 19.4. The Morgan fingerprint density at radius 1 is 1.14 bits per heavy atom. The Balaban J connectivity index is 1.66. The molecule has 118 valence electrons. The first kappa shape index (κ1) is 14.8. The van der Waals surface area contributed by atoms with E-state index in [0.29, 0.717) is 30.9 Å². The molecule has 2 aliphatic rings. The number of nitrogens with zero attached hydrogens (tertiary/aromatic N) is 4. The number of alkyl halides is 3. The summed E-state index contributed by atoms with van der Waals surface area (Å²) in [4.78, 5) is 5.91. The van der Waals surface area contributed by atoms with Gasteiger partial charge in [-0.2, -0.15) is 13.2 Å². The molecule has 8 heteroatoms. The summed E-state index contributed by atoms with van der Waals surface area (Å²) in [7, 11) is 0. The molecule has 0 spiro atoms. The van der Waals surface area contributed by atoms with E-state index >= 15 is 0 Å². The molecule has 3 rings (SSSR count). The monoisotopic (exact) mass is 303 g/mol. The predicted octanol–water partition coefficient (Wildman–Crippen LogP) is 1.63. The summed E-state index contributed by atoms with van der Waals surface area (Å²) in [6.45, 7) is 2.41. The van der Waals surface area contributed by atoms with E-state index < -0.39 is 12.0 Å². The topological polar surface area (TPSA) is 60.0 Å². The molecular weight excluding hydrogens is 283 g/mol. The zero-order valence-electron chi connectivity index (χ0n) is 11.8. The summed E-state index contributed by atoms with van der Waals surface area (Å²) in [6.07, 6.45) is -0.102. The molecule has 0 saturated heterocycles. The highest BCUT2D eigenvalue weighted by Crippen LogP contribution is 2.30. The highest BCUT2D eigenvalue weighted by Gasteiger charge is 2.38. The van der Waals surface area contributed by atoms with Crippen molar-refractivity contribution < 1.29 is 13.2 Å². The lowest BCUT2D eigenvalue weighted by Gasteiger charge is -2.38. The van der Waals surface area contributed by atoms with Crippen molar-refractivity contribution >= 4 is 0 Å². The molecule has 2 N–H and O–H groups in total. The Bertz CT molecular complexity index is 490. The average Bonchev–Trinajstić information content (AvgIpc) is 2.90. The van der Waals surface area contributed by atoms with Crippen LogP contribution in [0.3, 0.4) is 0 Å². The second-order valence-corrected chi connectivity index (χ2v) is 5.95. The maximum atomic E-state index is 12.6. The van der Waals surface area contributed by atoms with Gasteiger partial charge < -0.3 is 5.73 Å². The van der Waals surface area contributed by atoms with Crippen LogP contribution in [-0.4, -0.2) is 38.8 Å². The van der Waals surface area contributed by atoms with Gasteiger partial charge >= 0.3 is 6.18 Å². The molecule has 1 aliphatic heterocycles. The molecule has 1 aromatic rings. The van der Waals surface area contributed by atoms with Crippen molar-refractivity contribution in [2.75, 3.05) is 13.1 Å². The predicted molar refractivity (Wildman–Crippen MR) is 70.2 cm³/mol. The van der Waals surface area contributed by atoms with Crippen LogP contribution >= 0.6 is 0 Å². The Labute approximate surface area is 121 Å². The van der Waals surface area contributed by atoms with E-state index in [4.69, 9.17) is 5.73 Å². The number of hydrogen-bond donors (Lipinski definition) is 1. The molecule has 0 radical (unpaired) electrons. The zero-order chi connectivity index (χ0) is 15.0. The number of aromatic nitrogens is 3. The minimum absolute atomic E-state index is 0.425. The van der Waals surface area contributed by atoms with Crippen molar-refractivity contribution in [2.24, 2.45) is 11.7 Å². The molecule has 5 nitrogen and oxygen atoms in total. The standard InChI is InChI=1S/C13H20F3N5/c14-13(15,16)12-18-11-8-20(5-6-21(11)19-12)10-3-1-9(7-17)2-4-10/h9-10H,1-8,17H2. The van der Waals surface area contributed by atoms with Gasteiger partial charge in [0.15, 0.2) is 0 Å². The highest BCUT2D eigenvalue weighted by molar-refractivity contribution is 5.00. The van der Waals surface area contributed by atoms with Crippen LogP contribution in [0.1, 0.15) is 37.3 Å². The van der Waals surface area contributed by atoms with Crippen LogP contribution in [0.4, 0.5) is 13.2 Å². The summed E-state index contributed by atoms with van der Waals surface area (Å²) in [5, 5.41) is 3.56. The fourth-order valence-corrected chi connectivity index (χ4v) is 3.33. The third-order valence-corrected chi connectivity index (χ3v) is 4.61. The summed E-state index contributed by atoms with van der Waals surface area (Å²) in [5.74, 6) is 0.00670. The Morgan fingerprint density at radius 3 is 2.48 bits per heavy atom. The lowest BCUT2D eigenvalue weighted by molar-refractivity contribution is -0.145. The lowest BCUT2D eigenvalue weighted by atomic mass is 9.85. The number of hydrogen-bond acceptors (Lipinski definition) is 4. The van der Waals surface area contributed by atoms with Crippen molar-refractivity contribution in [3.63, 3.8) is 0 Å². The van der Waals surface area contributed by atoms with Gasteiger partial charge in [0.1, 0.15) is 5.82 Å². The molecule has 1 aromatic heterocycles. The van der Waals surface area contributed by atoms with Crippen molar-refractivity contribution in [1.29, 1.82) is 0 Å². The maximum absolute atomic E-state index is 12.6. The first-order valence-corrected chi connectivity index (χ1v) is 7.42. The molecule has 0 bridgehead atoms. The van der Waals surface area contributed by atoms with Gasteiger partial charge in [-0.1, -0.05) is 0 Å². The van der Waals surface area contributed by atoms with Gasteiger partial charge in [0, 0.05) is 12.6 Å². The van der Waals surface area contributed by atoms with E-state index in [1.807, 2.05) is 0 Å². The smallest absolute Gasteiger partial charge is 0.330 e. The lowest BCUT2D eigenvalue weighted by Crippen LogP contribution is -2.43. The van der Waals surface area contributed by atoms with Crippen molar-refractivity contribution in [3.8, 4) is 0 Å². The van der Waals surface area contributed by atoms with Gasteiger partial charge in [-0.25, -0.2) is 9.67 Å². The molecule has 1 saturated carbocycles. The Morgan fingerprint density at radius 2 is 1.86 bits per heavy atom. The van der Waals surface area contributed by atoms with Gasteiger partial charge in [-0.05, 0) is 38.1 Å². The molecule has 0 atom stereocenters. The van der Waals surface area contributed by atoms with Crippen LogP contribution < -0.4 is 5.73 Å². The van der Waals surface area contributed by atoms with Crippen LogP contribution in [-0.2, 0) is 19.3 Å². The second-order valence-electron chi connectivity index (χ2n) is 5.95. The summed E-state index contributed by atoms with van der Waals surface area (Å²) >= 11 is 0. The average molecular weight is 303 g/mol. The van der Waals surface area contributed by atoms with E-state index in [0.717, 1.165) is 38.8 Å². The van der Waals surface area contributed by atoms with Crippen molar-refractivity contribution in [1.82, 2.24) is 19.7 Å². The molecule has 0 amide bonds. The van der Waals surface area contributed by atoms with E-state index in [2.05, 4.69) is 15.0 Å². The van der Waals surface area contributed by atoms with Crippen molar-refractivity contribution in [2.45, 2.75) is 51.0 Å². The van der Waals surface area contributed by atoms with Crippen LogP contribution in [0.5, 0.6) is 0 Å². The Hall–Kier alpha value is -1.15. The largest absolute Gasteiger partial charge is 0.453 e. The molecular formula is C13H20F3N5. The third-order valence-electron chi connectivity index (χ3n) is 4.61. The van der Waals surface area contributed by atoms with Gasteiger partial charge in [-0.3, -0.25) is 4.90 Å². The van der Waals surface area contributed by atoms with Crippen LogP contribution in [0.25, 0.3) is 0 Å². The quantitative estimate of drug-likeness (QED) is 0.902. The molecule has 1 aliphatic carbocycles. The van der Waals surface area contributed by atoms with Crippen LogP contribution in [0.15, 0.2) is 0 Å². The van der Waals surface area contributed by atoms with E-state index in [9.17, 15) is 13.2 Å². The number of rotatable bonds is 2. The fourth-order valence-electron chi connectivity index (χ4n) is 3.33. The van der Waals surface area contributed by atoms with E-state index in [1.165, 1.54) is 4.68 Å². The van der Waals surface area contributed by atoms with E-state index in [1.54, 1.807) is 0 Å². The van der Waals surface area contributed by atoms with Crippen LogP contribution in [0.2, 0.25) is 0 Å². The van der Waals surface area contributed by atoms with Crippen molar-refractivity contribution in [3.05, 3.63) is 11.6 Å².